The summed E-state index contributed by atoms with van der Waals surface area (Å²) in [5, 5.41) is 20.3. The van der Waals surface area contributed by atoms with Gasteiger partial charge in [-0.3, -0.25) is 14.7 Å². The highest BCUT2D eigenvalue weighted by Crippen LogP contribution is 2.54. The molecule has 0 spiro atoms. The van der Waals surface area contributed by atoms with E-state index in [2.05, 4.69) is 10.2 Å². The minimum atomic E-state index is -0.633. The first-order valence-corrected chi connectivity index (χ1v) is 9.96. The Hall–Kier alpha value is -2.09. The van der Waals surface area contributed by atoms with E-state index >= 15 is 0 Å². The normalized spacial score (nSPS) is 17.6. The van der Waals surface area contributed by atoms with E-state index in [1.165, 1.54) is 12.1 Å². The molecule has 0 N–H and O–H groups in total. The van der Waals surface area contributed by atoms with Gasteiger partial charge in [0.1, 0.15) is 4.33 Å². The fraction of sp³-hybridized carbons (Fsp3) is 0.222. The van der Waals surface area contributed by atoms with E-state index in [0.29, 0.717) is 5.82 Å². The van der Waals surface area contributed by atoms with Gasteiger partial charge in [-0.2, -0.15) is 0 Å². The molecule has 0 amide bonds. The number of nitro benzene ring substituents is 1. The average Bonchev–Trinajstić information content (AvgIpc) is 3.09. The Kier molecular flexibility index (Phi) is 4.84. The Morgan fingerprint density at radius 3 is 2.41 bits per heavy atom. The van der Waals surface area contributed by atoms with Gasteiger partial charge in [-0.25, -0.2) is 0 Å². The molecule has 27 heavy (non-hydrogen) atoms. The van der Waals surface area contributed by atoms with Gasteiger partial charge in [-0.15, -0.1) is 33.4 Å². The van der Waals surface area contributed by atoms with Crippen molar-refractivity contribution >= 4 is 40.7 Å². The summed E-state index contributed by atoms with van der Waals surface area (Å²) in [6, 6.07) is 16.0. The van der Waals surface area contributed by atoms with Crippen molar-refractivity contribution in [2.24, 2.45) is 5.92 Å². The van der Waals surface area contributed by atoms with Crippen LogP contribution < -0.4 is 0 Å². The summed E-state index contributed by atoms with van der Waals surface area (Å²) in [5.74, 6) is 1.60. The first kappa shape index (κ1) is 18.3. The number of nitrogens with zero attached hydrogens (tertiary/aromatic N) is 4. The van der Waals surface area contributed by atoms with E-state index in [1.807, 2.05) is 34.9 Å². The molecule has 1 aliphatic carbocycles. The lowest BCUT2D eigenvalue weighted by molar-refractivity contribution is -0.384. The molecule has 1 atom stereocenters. The van der Waals surface area contributed by atoms with Crippen LogP contribution in [0.4, 0.5) is 5.69 Å². The van der Waals surface area contributed by atoms with Crippen LogP contribution in [0.2, 0.25) is 0 Å². The van der Waals surface area contributed by atoms with Crippen molar-refractivity contribution in [3.8, 4) is 17.1 Å². The molecule has 1 aliphatic rings. The summed E-state index contributed by atoms with van der Waals surface area (Å²) in [6.45, 7) is 0. The summed E-state index contributed by atoms with van der Waals surface area (Å²) in [7, 11) is 0. The number of halogens is 2. The van der Waals surface area contributed by atoms with Crippen LogP contribution in [0.3, 0.4) is 0 Å². The molecule has 3 aromatic rings. The number of hydrogen-bond donors (Lipinski definition) is 0. The third-order valence-corrected chi connectivity index (χ3v) is 6.37. The second-order valence-electron chi connectivity index (χ2n) is 6.25. The molecule has 1 aromatic heterocycles. The van der Waals surface area contributed by atoms with Crippen molar-refractivity contribution in [3.63, 3.8) is 0 Å². The Morgan fingerprint density at radius 1 is 1.15 bits per heavy atom. The average molecular weight is 421 g/mol. The monoisotopic (exact) mass is 420 g/mol. The molecule has 1 heterocycles. The topological polar surface area (TPSA) is 73.8 Å². The fourth-order valence-corrected chi connectivity index (χ4v) is 4.60. The van der Waals surface area contributed by atoms with Crippen LogP contribution in [0.25, 0.3) is 17.1 Å². The molecule has 6 nitrogen and oxygen atoms in total. The first-order valence-electron chi connectivity index (χ1n) is 8.22. The lowest BCUT2D eigenvalue weighted by Crippen LogP contribution is -2.01. The quantitative estimate of drug-likeness (QED) is 0.239. The zero-order valence-electron chi connectivity index (χ0n) is 14.0. The Balaban J connectivity index is 1.69. The van der Waals surface area contributed by atoms with Crippen LogP contribution in [0, 0.1) is 16.0 Å². The van der Waals surface area contributed by atoms with Gasteiger partial charge in [0, 0.05) is 35.1 Å². The van der Waals surface area contributed by atoms with Gasteiger partial charge < -0.3 is 0 Å². The molecule has 1 saturated carbocycles. The predicted molar refractivity (Wildman–Crippen MR) is 107 cm³/mol. The molecule has 0 bridgehead atoms. The molecule has 0 unspecified atom stereocenters. The fourth-order valence-electron chi connectivity index (χ4n) is 2.72. The Morgan fingerprint density at radius 2 is 1.81 bits per heavy atom. The second-order valence-corrected chi connectivity index (χ2v) is 8.78. The Bertz CT molecular complexity index is 977. The van der Waals surface area contributed by atoms with Gasteiger partial charge in [0.15, 0.2) is 11.0 Å². The molecule has 0 radical (unpaired) electrons. The van der Waals surface area contributed by atoms with E-state index in [0.717, 1.165) is 28.6 Å². The third-order valence-electron chi connectivity index (χ3n) is 4.35. The van der Waals surface area contributed by atoms with Crippen molar-refractivity contribution < 1.29 is 4.92 Å². The summed E-state index contributed by atoms with van der Waals surface area (Å²) >= 11 is 13.8. The van der Waals surface area contributed by atoms with Crippen LogP contribution in [0.1, 0.15) is 6.42 Å². The Labute approximate surface area is 169 Å². The zero-order chi connectivity index (χ0) is 19.0. The van der Waals surface area contributed by atoms with Gasteiger partial charge >= 0.3 is 0 Å². The molecule has 1 fully saturated rings. The number of hydrogen-bond acceptors (Lipinski definition) is 5. The molecule has 4 rings (SSSR count). The predicted octanol–water partition coefficient (Wildman–Crippen LogP) is 5.13. The summed E-state index contributed by atoms with van der Waals surface area (Å²) in [4.78, 5) is 10.5. The molecular weight excluding hydrogens is 407 g/mol. The minimum absolute atomic E-state index is 0.0356. The first-order chi connectivity index (χ1) is 13.0. The largest absolute Gasteiger partial charge is 0.270 e. The minimum Gasteiger partial charge on any atom is -0.270 e. The van der Waals surface area contributed by atoms with Crippen LogP contribution >= 0.6 is 35.0 Å². The lowest BCUT2D eigenvalue weighted by atomic mass is 10.2. The molecule has 9 heteroatoms. The number of rotatable bonds is 6. The lowest BCUT2D eigenvalue weighted by Gasteiger charge is -2.10. The maximum Gasteiger partial charge on any atom is 0.269 e. The number of benzene rings is 2. The third kappa shape index (κ3) is 3.81. The molecule has 0 aliphatic heterocycles. The van der Waals surface area contributed by atoms with Crippen molar-refractivity contribution in [3.05, 3.63) is 64.7 Å². The molecular formula is C18H14Cl2N4O2S. The maximum absolute atomic E-state index is 10.9. The number of thioether (sulfide) groups is 1. The smallest absolute Gasteiger partial charge is 0.269 e. The van der Waals surface area contributed by atoms with Gasteiger partial charge in [0.2, 0.25) is 0 Å². The standard InChI is InChI=1S/C18H14Cl2N4O2S/c19-18(20)10-13(18)11-27-17-22-21-16(23(17)14-4-2-1-3-5-14)12-6-8-15(9-7-12)24(25)26/h1-9,13H,10-11H2/t13-/m0/s1. The number of non-ortho nitro benzene ring substituents is 1. The SMILES string of the molecule is O=[N+]([O-])c1ccc(-c2nnc(SC[C@@H]3CC3(Cl)Cl)n2-c2ccccc2)cc1. The second kappa shape index (κ2) is 7.14. The molecule has 0 saturated heterocycles. The highest BCUT2D eigenvalue weighted by molar-refractivity contribution is 7.99. The van der Waals surface area contributed by atoms with E-state index < -0.39 is 9.26 Å². The van der Waals surface area contributed by atoms with Gasteiger partial charge in [0.25, 0.3) is 5.69 Å². The summed E-state index contributed by atoms with van der Waals surface area (Å²) < 4.78 is 1.31. The van der Waals surface area contributed by atoms with Gasteiger partial charge in [0.05, 0.1) is 4.92 Å². The van der Waals surface area contributed by atoms with Crippen LogP contribution in [0.5, 0.6) is 0 Å². The number of para-hydroxylation sites is 1. The highest BCUT2D eigenvalue weighted by Gasteiger charge is 2.51. The van der Waals surface area contributed by atoms with Gasteiger partial charge in [-0.05, 0) is 30.7 Å². The van der Waals surface area contributed by atoms with Crippen molar-refractivity contribution in [1.29, 1.82) is 0 Å². The maximum atomic E-state index is 10.9. The zero-order valence-corrected chi connectivity index (χ0v) is 16.3. The number of aromatic nitrogens is 3. The van der Waals surface area contributed by atoms with Crippen LogP contribution in [0.15, 0.2) is 59.8 Å². The molecule has 2 aromatic carbocycles. The number of alkyl halides is 2. The van der Waals surface area contributed by atoms with Gasteiger partial charge in [-0.1, -0.05) is 30.0 Å². The van der Waals surface area contributed by atoms with E-state index in [4.69, 9.17) is 23.2 Å². The van der Waals surface area contributed by atoms with E-state index in [1.54, 1.807) is 23.9 Å². The summed E-state index contributed by atoms with van der Waals surface area (Å²) in [6.07, 6.45) is 0.776. The van der Waals surface area contributed by atoms with Crippen LogP contribution in [-0.4, -0.2) is 29.8 Å². The highest BCUT2D eigenvalue weighted by atomic mass is 35.5. The summed E-state index contributed by atoms with van der Waals surface area (Å²) in [5.41, 5.74) is 1.70. The number of nitro groups is 1. The van der Waals surface area contributed by atoms with E-state index in [-0.39, 0.29) is 11.6 Å². The van der Waals surface area contributed by atoms with Crippen molar-refractivity contribution in [2.75, 3.05) is 5.75 Å². The van der Waals surface area contributed by atoms with Crippen LogP contribution in [-0.2, 0) is 0 Å². The van der Waals surface area contributed by atoms with Crippen molar-refractivity contribution in [1.82, 2.24) is 14.8 Å². The van der Waals surface area contributed by atoms with Crippen molar-refractivity contribution in [2.45, 2.75) is 15.9 Å². The van der Waals surface area contributed by atoms with E-state index in [9.17, 15) is 10.1 Å². The molecule has 138 valence electrons.